The highest BCUT2D eigenvalue weighted by atomic mass is 127. The fourth-order valence-corrected chi connectivity index (χ4v) is 2.77. The van der Waals surface area contributed by atoms with Crippen LogP contribution < -0.4 is 16.0 Å². The van der Waals surface area contributed by atoms with Crippen molar-refractivity contribution in [2.24, 2.45) is 4.99 Å². The van der Waals surface area contributed by atoms with Crippen molar-refractivity contribution >= 4 is 35.6 Å². The van der Waals surface area contributed by atoms with Gasteiger partial charge in [0, 0.05) is 38.3 Å². The molecule has 0 aliphatic carbocycles. The fourth-order valence-electron chi connectivity index (χ4n) is 2.77. The quantitative estimate of drug-likeness (QED) is 0.161. The maximum Gasteiger partial charge on any atom is 0.191 e. The summed E-state index contributed by atoms with van der Waals surface area (Å²) in [5, 5.41) is 19.6. The molecule has 2 rings (SSSR count). The van der Waals surface area contributed by atoms with Gasteiger partial charge in [-0.3, -0.25) is 0 Å². The zero-order chi connectivity index (χ0) is 20.0. The molecule has 1 atom stereocenters. The molecule has 0 saturated heterocycles. The monoisotopic (exact) mass is 512 g/mol. The molecule has 0 amide bonds. The molecule has 0 radical (unpaired) electrons. The van der Waals surface area contributed by atoms with E-state index in [1.165, 1.54) is 0 Å². The highest BCUT2D eigenvalue weighted by Gasteiger charge is 2.10. The molecule has 2 aromatic rings. The Morgan fingerprint density at radius 3 is 2.41 bits per heavy atom. The predicted molar refractivity (Wildman–Crippen MR) is 131 cm³/mol. The fraction of sp³-hybridized carbons (Fsp3) is 0.409. The first kappa shape index (κ1) is 25.2. The Morgan fingerprint density at radius 1 is 1.07 bits per heavy atom. The van der Waals surface area contributed by atoms with Gasteiger partial charge in [0.05, 0.1) is 19.8 Å². The number of guanidine groups is 1. The van der Waals surface area contributed by atoms with Crippen molar-refractivity contribution in [2.45, 2.75) is 19.4 Å². The molecule has 0 spiro atoms. The lowest BCUT2D eigenvalue weighted by atomic mass is 10.0. The van der Waals surface area contributed by atoms with E-state index in [0.717, 1.165) is 35.9 Å². The number of halogens is 1. The highest BCUT2D eigenvalue weighted by Crippen LogP contribution is 2.13. The van der Waals surface area contributed by atoms with Gasteiger partial charge in [0.25, 0.3) is 0 Å². The van der Waals surface area contributed by atoms with Gasteiger partial charge in [-0.2, -0.15) is 0 Å². The maximum absolute atomic E-state index is 9.72. The minimum atomic E-state index is 0. The number of hydrogen-bond donors (Lipinski definition) is 4. The van der Waals surface area contributed by atoms with Crippen LogP contribution in [0.1, 0.15) is 24.0 Å². The van der Waals surface area contributed by atoms with E-state index in [-0.39, 0.29) is 36.5 Å². The Balaban J connectivity index is 0.00000420. The van der Waals surface area contributed by atoms with Crippen LogP contribution in [-0.4, -0.2) is 51.0 Å². The molecule has 1 unspecified atom stereocenters. The summed E-state index contributed by atoms with van der Waals surface area (Å²) in [7, 11) is 1.70. The second-order valence-electron chi connectivity index (χ2n) is 6.48. The lowest BCUT2D eigenvalue weighted by Crippen LogP contribution is -2.39. The molecule has 0 fully saturated rings. The van der Waals surface area contributed by atoms with Gasteiger partial charge in [0.1, 0.15) is 0 Å². The molecule has 2 aromatic carbocycles. The molecule has 160 valence electrons. The van der Waals surface area contributed by atoms with E-state index in [0.29, 0.717) is 19.7 Å². The van der Waals surface area contributed by atoms with E-state index < -0.39 is 0 Å². The topological polar surface area (TPSA) is 77.9 Å². The van der Waals surface area contributed by atoms with Crippen molar-refractivity contribution in [1.29, 1.82) is 0 Å². The summed E-state index contributed by atoms with van der Waals surface area (Å²) < 4.78 is 5.04. The summed E-state index contributed by atoms with van der Waals surface area (Å²) in [4.78, 5) is 4.66. The van der Waals surface area contributed by atoms with Gasteiger partial charge in [-0.25, -0.2) is 4.99 Å². The Kier molecular flexibility index (Phi) is 13.1. The van der Waals surface area contributed by atoms with E-state index in [4.69, 9.17) is 4.74 Å². The van der Waals surface area contributed by atoms with Gasteiger partial charge in [-0.15, -0.1) is 24.0 Å². The summed E-state index contributed by atoms with van der Waals surface area (Å²) >= 11 is 0. The van der Waals surface area contributed by atoms with Crippen molar-refractivity contribution in [3.8, 4) is 0 Å². The molecule has 29 heavy (non-hydrogen) atoms. The lowest BCUT2D eigenvalue weighted by molar-refractivity contribution is 0.211. The Hall–Kier alpha value is -1.84. The number of aliphatic imine (C=N–C) groups is 1. The van der Waals surface area contributed by atoms with Gasteiger partial charge in [-0.1, -0.05) is 42.5 Å². The van der Waals surface area contributed by atoms with Crippen LogP contribution in [-0.2, 0) is 11.3 Å². The van der Waals surface area contributed by atoms with E-state index >= 15 is 0 Å². The molecule has 7 heteroatoms. The van der Waals surface area contributed by atoms with Gasteiger partial charge in [0.2, 0.25) is 0 Å². The third-order valence-electron chi connectivity index (χ3n) is 4.36. The third-order valence-corrected chi connectivity index (χ3v) is 4.36. The van der Waals surface area contributed by atoms with E-state index in [2.05, 4.69) is 45.2 Å². The van der Waals surface area contributed by atoms with Crippen LogP contribution in [0.2, 0.25) is 0 Å². The number of methoxy groups -OCH3 is 1. The molecule has 0 saturated carbocycles. The van der Waals surface area contributed by atoms with Crippen molar-refractivity contribution in [3.63, 3.8) is 0 Å². The molecule has 0 aromatic heterocycles. The molecular weight excluding hydrogens is 479 g/mol. The Labute approximate surface area is 191 Å². The number of hydrogen-bond acceptors (Lipinski definition) is 4. The van der Waals surface area contributed by atoms with Crippen molar-refractivity contribution in [1.82, 2.24) is 10.6 Å². The van der Waals surface area contributed by atoms with Crippen molar-refractivity contribution in [2.75, 3.05) is 45.3 Å². The average Bonchev–Trinajstić information content (AvgIpc) is 2.74. The van der Waals surface area contributed by atoms with Gasteiger partial charge < -0.3 is 25.8 Å². The SMILES string of the molecule is CCNC(=NCc1ccc(NCCOC)cc1)NCC(CO)c1ccccc1.I. The molecule has 0 aliphatic rings. The van der Waals surface area contributed by atoms with Crippen LogP contribution >= 0.6 is 24.0 Å². The highest BCUT2D eigenvalue weighted by molar-refractivity contribution is 14.0. The van der Waals surface area contributed by atoms with Crippen LogP contribution in [0, 0.1) is 0 Å². The molecule has 4 N–H and O–H groups in total. The molecule has 6 nitrogen and oxygen atoms in total. The average molecular weight is 512 g/mol. The first-order valence-electron chi connectivity index (χ1n) is 9.76. The van der Waals surface area contributed by atoms with Gasteiger partial charge >= 0.3 is 0 Å². The van der Waals surface area contributed by atoms with E-state index in [9.17, 15) is 5.11 Å². The van der Waals surface area contributed by atoms with Gasteiger partial charge in [0.15, 0.2) is 5.96 Å². The largest absolute Gasteiger partial charge is 0.396 e. The first-order chi connectivity index (χ1) is 13.8. The van der Waals surface area contributed by atoms with Gasteiger partial charge in [-0.05, 0) is 30.2 Å². The van der Waals surface area contributed by atoms with E-state index in [1.807, 2.05) is 37.3 Å². The molecule has 0 bridgehead atoms. The predicted octanol–water partition coefficient (Wildman–Crippen LogP) is 3.19. The molecule has 0 aliphatic heterocycles. The van der Waals surface area contributed by atoms with Crippen molar-refractivity contribution < 1.29 is 9.84 Å². The number of nitrogens with one attached hydrogen (secondary N) is 3. The zero-order valence-electron chi connectivity index (χ0n) is 17.2. The van der Waals surface area contributed by atoms with Crippen LogP contribution in [0.4, 0.5) is 5.69 Å². The summed E-state index contributed by atoms with van der Waals surface area (Å²) in [5.41, 5.74) is 3.32. The summed E-state index contributed by atoms with van der Waals surface area (Å²) in [6.45, 7) is 5.59. The number of aliphatic hydroxyl groups is 1. The van der Waals surface area contributed by atoms with Crippen molar-refractivity contribution in [3.05, 3.63) is 65.7 Å². The number of nitrogens with zero attached hydrogens (tertiary/aromatic N) is 1. The standard InChI is InChI=1S/C22H32N4O2.HI/c1-3-23-22(26-16-20(17-27)19-7-5-4-6-8-19)25-15-18-9-11-21(12-10-18)24-13-14-28-2;/h4-12,20,24,27H,3,13-17H2,1-2H3,(H2,23,25,26);1H. The smallest absolute Gasteiger partial charge is 0.191 e. The van der Waals surface area contributed by atoms with E-state index in [1.54, 1.807) is 7.11 Å². The number of ether oxygens (including phenoxy) is 1. The van der Waals surface area contributed by atoms with Crippen LogP contribution in [0.25, 0.3) is 0 Å². The summed E-state index contributed by atoms with van der Waals surface area (Å²) in [6.07, 6.45) is 0. The minimum Gasteiger partial charge on any atom is -0.396 e. The number of anilines is 1. The summed E-state index contributed by atoms with van der Waals surface area (Å²) in [6, 6.07) is 18.3. The van der Waals surface area contributed by atoms with Crippen LogP contribution in [0.3, 0.4) is 0 Å². The molecular formula is C22H33IN4O2. The normalized spacial score (nSPS) is 12.0. The summed E-state index contributed by atoms with van der Waals surface area (Å²) in [5.74, 6) is 0.779. The molecule has 0 heterocycles. The third kappa shape index (κ3) is 9.47. The van der Waals surface area contributed by atoms with Crippen LogP contribution in [0.5, 0.6) is 0 Å². The first-order valence-corrected chi connectivity index (χ1v) is 9.76. The number of rotatable bonds is 11. The Morgan fingerprint density at radius 2 is 1.79 bits per heavy atom. The number of benzene rings is 2. The zero-order valence-corrected chi connectivity index (χ0v) is 19.6. The van der Waals surface area contributed by atoms with Crippen LogP contribution in [0.15, 0.2) is 59.6 Å². The second-order valence-corrected chi connectivity index (χ2v) is 6.48. The second kappa shape index (κ2) is 15.1. The lowest BCUT2D eigenvalue weighted by Gasteiger charge is -2.18. The Bertz CT molecular complexity index is 696. The number of aliphatic hydroxyl groups excluding tert-OH is 1. The minimum absolute atomic E-state index is 0. The maximum atomic E-state index is 9.72.